The first kappa shape index (κ1) is 18.6. The minimum atomic E-state index is -0.463. The number of anilines is 2. The summed E-state index contributed by atoms with van der Waals surface area (Å²) in [6.45, 7) is 2.15. The van der Waals surface area contributed by atoms with Gasteiger partial charge in [0.25, 0.3) is 5.91 Å². The number of amides is 1. The van der Waals surface area contributed by atoms with E-state index in [1.54, 1.807) is 12.1 Å². The minimum absolute atomic E-state index is 0.219. The second-order valence-electron chi connectivity index (χ2n) is 5.89. The molecule has 0 aliphatic carbocycles. The van der Waals surface area contributed by atoms with Crippen molar-refractivity contribution < 1.29 is 14.0 Å². The van der Waals surface area contributed by atoms with Crippen molar-refractivity contribution >= 4 is 39.9 Å². The Morgan fingerprint density at radius 1 is 1.31 bits per heavy atom. The van der Waals surface area contributed by atoms with E-state index >= 15 is 0 Å². The van der Waals surface area contributed by atoms with E-state index in [4.69, 9.17) is 10.1 Å². The van der Waals surface area contributed by atoms with E-state index in [9.17, 15) is 9.18 Å². The average molecular weight is 466 g/mol. The van der Waals surface area contributed by atoms with Crippen LogP contribution in [0.4, 0.5) is 15.8 Å². The maximum atomic E-state index is 14.1. The highest BCUT2D eigenvalue weighted by atomic mass is 127. The van der Waals surface area contributed by atoms with Crippen molar-refractivity contribution in [3.63, 3.8) is 0 Å². The number of carbonyl (C=O) groups is 1. The topological polar surface area (TPSA) is 86.2 Å². The largest absolute Gasteiger partial charge is 0.352 e. The summed E-state index contributed by atoms with van der Waals surface area (Å²) in [6.07, 6.45) is 0. The van der Waals surface area contributed by atoms with Gasteiger partial charge in [0.2, 0.25) is 0 Å². The third-order valence-corrected chi connectivity index (χ3v) is 4.61. The van der Waals surface area contributed by atoms with Crippen LogP contribution >= 0.6 is 22.6 Å². The number of carbonyl (C=O) groups excluding carboxylic acids is 1. The van der Waals surface area contributed by atoms with Crippen LogP contribution in [0.25, 0.3) is 0 Å². The van der Waals surface area contributed by atoms with Crippen molar-refractivity contribution in [2.45, 2.75) is 0 Å². The first-order chi connectivity index (χ1) is 12.6. The van der Waals surface area contributed by atoms with E-state index in [2.05, 4.69) is 16.1 Å². The van der Waals surface area contributed by atoms with Gasteiger partial charge in [-0.15, -0.1) is 0 Å². The number of nitriles is 1. The molecule has 0 aromatic heterocycles. The fraction of sp³-hybridized carbons (Fsp3) is 0.222. The van der Waals surface area contributed by atoms with Crippen molar-refractivity contribution in [1.29, 1.82) is 5.26 Å². The molecule has 26 heavy (non-hydrogen) atoms. The highest BCUT2D eigenvalue weighted by molar-refractivity contribution is 14.1. The summed E-state index contributed by atoms with van der Waals surface area (Å²) in [5.41, 5.74) is 3.56. The number of benzene rings is 2. The highest BCUT2D eigenvalue weighted by Gasteiger charge is 2.18. The maximum Gasteiger partial charge on any atom is 0.276 e. The molecule has 6 nitrogen and oxygen atoms in total. The molecule has 2 aromatic carbocycles. The summed E-state index contributed by atoms with van der Waals surface area (Å²) in [5, 5.41) is 15.1. The van der Waals surface area contributed by atoms with E-state index < -0.39 is 11.7 Å². The number of nitrogens with one attached hydrogen (secondary N) is 3. The summed E-state index contributed by atoms with van der Waals surface area (Å²) in [6, 6.07) is 11.3. The summed E-state index contributed by atoms with van der Waals surface area (Å²) < 4.78 is 14.9. The fourth-order valence-electron chi connectivity index (χ4n) is 2.40. The molecule has 1 amide bonds. The van der Waals surface area contributed by atoms with Crippen molar-refractivity contribution in [3.8, 4) is 6.07 Å². The zero-order valence-corrected chi connectivity index (χ0v) is 15.8. The van der Waals surface area contributed by atoms with Gasteiger partial charge in [-0.3, -0.25) is 9.63 Å². The number of hydrogen-bond donors (Lipinski definition) is 3. The Morgan fingerprint density at radius 3 is 2.77 bits per heavy atom. The lowest BCUT2D eigenvalue weighted by atomic mass is 10.1. The quantitative estimate of drug-likeness (QED) is 0.451. The molecule has 1 fully saturated rings. The van der Waals surface area contributed by atoms with Crippen LogP contribution in [0.3, 0.4) is 0 Å². The Morgan fingerprint density at radius 2 is 2.12 bits per heavy atom. The predicted molar refractivity (Wildman–Crippen MR) is 103 cm³/mol. The van der Waals surface area contributed by atoms with Gasteiger partial charge in [-0.1, -0.05) is 0 Å². The summed E-state index contributed by atoms with van der Waals surface area (Å²) in [7, 11) is 0. The Labute approximate surface area is 163 Å². The molecule has 0 saturated carbocycles. The van der Waals surface area contributed by atoms with Gasteiger partial charge in [0.15, 0.2) is 0 Å². The first-order valence-corrected chi connectivity index (χ1v) is 9.04. The molecule has 3 rings (SSSR count). The van der Waals surface area contributed by atoms with Crippen molar-refractivity contribution in [2.75, 3.05) is 25.0 Å². The molecule has 0 unspecified atom stereocenters. The van der Waals surface area contributed by atoms with Gasteiger partial charge in [0.05, 0.1) is 35.2 Å². The van der Waals surface area contributed by atoms with Gasteiger partial charge >= 0.3 is 0 Å². The van der Waals surface area contributed by atoms with E-state index in [0.29, 0.717) is 23.8 Å². The molecule has 0 spiro atoms. The average Bonchev–Trinajstić information content (AvgIpc) is 2.59. The Hall–Kier alpha value is -2.22. The third kappa shape index (κ3) is 4.49. The second kappa shape index (κ2) is 8.44. The Kier molecular flexibility index (Phi) is 6.03. The van der Waals surface area contributed by atoms with E-state index in [1.165, 1.54) is 24.3 Å². The van der Waals surface area contributed by atoms with Crippen LogP contribution < -0.4 is 16.1 Å². The van der Waals surface area contributed by atoms with Crippen LogP contribution in [0.1, 0.15) is 15.9 Å². The normalized spacial score (nSPS) is 13.6. The van der Waals surface area contributed by atoms with Gasteiger partial charge in [0, 0.05) is 22.6 Å². The van der Waals surface area contributed by atoms with Crippen molar-refractivity contribution in [1.82, 2.24) is 10.8 Å². The molecule has 1 heterocycles. The molecule has 0 bridgehead atoms. The Balaban J connectivity index is 1.78. The zero-order chi connectivity index (χ0) is 18.5. The van der Waals surface area contributed by atoms with E-state index in [1.807, 2.05) is 28.7 Å². The maximum absolute atomic E-state index is 14.1. The first-order valence-electron chi connectivity index (χ1n) is 7.96. The smallest absolute Gasteiger partial charge is 0.276 e. The monoisotopic (exact) mass is 466 g/mol. The lowest BCUT2D eigenvalue weighted by Crippen LogP contribution is -2.45. The van der Waals surface area contributed by atoms with Crippen LogP contribution in [0.15, 0.2) is 36.4 Å². The van der Waals surface area contributed by atoms with Crippen LogP contribution in [0, 0.1) is 26.6 Å². The standard InChI is InChI=1S/C18H16FIN4O2/c19-15-6-13(20)2-4-16(15)23-17-5-11(7-21)1-3-14(17)18(25)24-26-10-12-8-22-9-12/h1-6,12,22-23H,8-10H2,(H,24,25). The highest BCUT2D eigenvalue weighted by Crippen LogP contribution is 2.25. The van der Waals surface area contributed by atoms with E-state index in [-0.39, 0.29) is 11.3 Å². The SMILES string of the molecule is N#Cc1ccc(C(=O)NOCC2CNC2)c(Nc2ccc(I)cc2F)c1. The third-order valence-electron chi connectivity index (χ3n) is 3.94. The summed E-state index contributed by atoms with van der Waals surface area (Å²) >= 11 is 2.01. The predicted octanol–water partition coefficient (Wildman–Crippen LogP) is 2.93. The van der Waals surface area contributed by atoms with Gasteiger partial charge in [-0.05, 0) is 59.0 Å². The van der Waals surface area contributed by atoms with Crippen molar-refractivity contribution in [2.24, 2.45) is 5.92 Å². The second-order valence-corrected chi connectivity index (χ2v) is 7.13. The molecule has 134 valence electrons. The number of nitrogens with zero attached hydrogens (tertiary/aromatic N) is 1. The Bertz CT molecular complexity index is 865. The van der Waals surface area contributed by atoms with Crippen molar-refractivity contribution in [3.05, 3.63) is 56.9 Å². The van der Waals surface area contributed by atoms with E-state index in [0.717, 1.165) is 16.7 Å². The van der Waals surface area contributed by atoms with Gasteiger partial charge in [-0.25, -0.2) is 9.87 Å². The molecule has 0 radical (unpaired) electrons. The number of hydroxylamine groups is 1. The zero-order valence-electron chi connectivity index (χ0n) is 13.7. The lowest BCUT2D eigenvalue weighted by molar-refractivity contribution is 0.00816. The summed E-state index contributed by atoms with van der Waals surface area (Å²) in [4.78, 5) is 17.7. The van der Waals surface area contributed by atoms with Crippen LogP contribution in [0.2, 0.25) is 0 Å². The van der Waals surface area contributed by atoms with Crippen LogP contribution in [-0.4, -0.2) is 25.6 Å². The van der Waals surface area contributed by atoms with Gasteiger partial charge in [0.1, 0.15) is 5.82 Å². The van der Waals surface area contributed by atoms with Gasteiger partial charge in [-0.2, -0.15) is 5.26 Å². The van der Waals surface area contributed by atoms with Crippen LogP contribution in [0.5, 0.6) is 0 Å². The summed E-state index contributed by atoms with van der Waals surface area (Å²) in [5.74, 6) is -0.524. The molecule has 1 saturated heterocycles. The molecule has 1 aliphatic heterocycles. The molecular weight excluding hydrogens is 450 g/mol. The van der Waals surface area contributed by atoms with Crippen LogP contribution in [-0.2, 0) is 4.84 Å². The molecule has 8 heteroatoms. The number of halogens is 2. The molecule has 0 atom stereocenters. The molecular formula is C18H16FIN4O2. The molecule has 1 aliphatic rings. The molecule has 2 aromatic rings. The lowest BCUT2D eigenvalue weighted by Gasteiger charge is -2.26. The van der Waals surface area contributed by atoms with Gasteiger partial charge < -0.3 is 10.6 Å². The fourth-order valence-corrected chi connectivity index (χ4v) is 2.85. The number of rotatable bonds is 6. The molecule has 3 N–H and O–H groups in total. The number of hydrogen-bond acceptors (Lipinski definition) is 5. The minimum Gasteiger partial charge on any atom is -0.352 e.